The molecule has 1 aromatic rings. The van der Waals surface area contributed by atoms with Crippen LogP contribution in [0.5, 0.6) is 0 Å². The van der Waals surface area contributed by atoms with Crippen molar-refractivity contribution in [2.24, 2.45) is 11.1 Å². The number of carbonyl (C=O) groups is 1. The number of carbonyl (C=O) groups excluding carboxylic acids is 1. The highest BCUT2D eigenvalue weighted by Gasteiger charge is 2.20. The fourth-order valence-corrected chi connectivity index (χ4v) is 3.19. The van der Waals surface area contributed by atoms with Crippen molar-refractivity contribution in [2.75, 3.05) is 6.61 Å². The average Bonchev–Trinajstić information content (AvgIpc) is 2.30. The van der Waals surface area contributed by atoms with Crippen LogP contribution in [-0.4, -0.2) is 21.0 Å². The maximum atomic E-state index is 11.8. The Kier molecular flexibility index (Phi) is 6.00. The van der Waals surface area contributed by atoms with Crippen molar-refractivity contribution < 1.29 is 17.9 Å². The van der Waals surface area contributed by atoms with Crippen molar-refractivity contribution in [3.8, 4) is 0 Å². The smallest absolute Gasteiger partial charge is 0.338 e. The van der Waals surface area contributed by atoms with Crippen LogP contribution in [0.15, 0.2) is 21.5 Å². The quantitative estimate of drug-likeness (QED) is 0.791. The van der Waals surface area contributed by atoms with Gasteiger partial charge in [0, 0.05) is 0 Å². The van der Waals surface area contributed by atoms with Gasteiger partial charge in [0.25, 0.3) is 0 Å². The van der Waals surface area contributed by atoms with Crippen molar-refractivity contribution in [1.29, 1.82) is 0 Å². The standard InChI is InChI=1S/C12H15BrClNO4S/c1-7(2)3-4-19-12(16)8-5-9(14)11(13)10(6-8)20(15,17)18/h5-7H,3-4H2,1-2H3,(H2,15,17,18). The molecule has 0 aliphatic rings. The van der Waals surface area contributed by atoms with Gasteiger partial charge in [-0.2, -0.15) is 0 Å². The summed E-state index contributed by atoms with van der Waals surface area (Å²) in [5, 5.41) is 5.14. The van der Waals surface area contributed by atoms with Gasteiger partial charge in [-0.05, 0) is 40.4 Å². The Morgan fingerprint density at radius 2 is 2.05 bits per heavy atom. The summed E-state index contributed by atoms with van der Waals surface area (Å²) in [6.45, 7) is 4.27. The van der Waals surface area contributed by atoms with E-state index in [1.54, 1.807) is 0 Å². The fourth-order valence-electron chi connectivity index (χ4n) is 1.36. The van der Waals surface area contributed by atoms with Gasteiger partial charge in [-0.15, -0.1) is 0 Å². The molecule has 0 saturated carbocycles. The molecule has 0 heterocycles. The third-order valence-corrected chi connectivity index (χ3v) is 5.04. The fraction of sp³-hybridized carbons (Fsp3) is 0.417. The molecule has 0 amide bonds. The van der Waals surface area contributed by atoms with Crippen LogP contribution in [0.3, 0.4) is 0 Å². The van der Waals surface area contributed by atoms with Crippen LogP contribution in [0.2, 0.25) is 5.02 Å². The van der Waals surface area contributed by atoms with Crippen molar-refractivity contribution >= 4 is 43.5 Å². The molecule has 0 radical (unpaired) electrons. The molecule has 0 bridgehead atoms. The maximum Gasteiger partial charge on any atom is 0.338 e. The van der Waals surface area contributed by atoms with Crippen LogP contribution >= 0.6 is 27.5 Å². The van der Waals surface area contributed by atoms with Crippen molar-refractivity contribution in [3.63, 3.8) is 0 Å². The minimum Gasteiger partial charge on any atom is -0.462 e. The lowest BCUT2D eigenvalue weighted by Crippen LogP contribution is -2.15. The number of benzene rings is 1. The molecule has 0 aromatic heterocycles. The molecule has 0 aliphatic heterocycles. The summed E-state index contributed by atoms with van der Waals surface area (Å²) in [5.74, 6) is -0.235. The first kappa shape index (κ1) is 17.4. The summed E-state index contributed by atoms with van der Waals surface area (Å²) in [4.78, 5) is 11.6. The number of primary sulfonamides is 1. The van der Waals surface area contributed by atoms with Gasteiger partial charge in [0.2, 0.25) is 10.0 Å². The van der Waals surface area contributed by atoms with E-state index >= 15 is 0 Å². The Labute approximate surface area is 131 Å². The Hall–Kier alpha value is -0.630. The van der Waals surface area contributed by atoms with Crippen LogP contribution in [0, 0.1) is 5.92 Å². The van der Waals surface area contributed by atoms with Crippen LogP contribution in [0.1, 0.15) is 30.6 Å². The summed E-state index contributed by atoms with van der Waals surface area (Å²) in [5.41, 5.74) is 0.0472. The Balaban J connectivity index is 3.03. The number of nitrogens with two attached hydrogens (primary N) is 1. The lowest BCUT2D eigenvalue weighted by molar-refractivity contribution is 0.0488. The number of rotatable bonds is 5. The first-order chi connectivity index (χ1) is 9.12. The van der Waals surface area contributed by atoms with Gasteiger partial charge in [0.15, 0.2) is 0 Å². The maximum absolute atomic E-state index is 11.8. The number of sulfonamides is 1. The first-order valence-corrected chi connectivity index (χ1v) is 8.53. The second-order valence-electron chi connectivity index (χ2n) is 4.63. The van der Waals surface area contributed by atoms with E-state index in [0.29, 0.717) is 5.92 Å². The minimum absolute atomic E-state index is 0.0472. The van der Waals surface area contributed by atoms with Gasteiger partial charge in [-0.25, -0.2) is 18.4 Å². The number of hydrogen-bond donors (Lipinski definition) is 1. The average molecular weight is 385 g/mol. The molecular weight excluding hydrogens is 370 g/mol. The SMILES string of the molecule is CC(C)CCOC(=O)c1cc(Cl)c(Br)c(S(N)(=O)=O)c1. The predicted octanol–water partition coefficient (Wildman–Crippen LogP) is 2.95. The van der Waals surface area contributed by atoms with Crippen LogP contribution < -0.4 is 5.14 Å². The monoisotopic (exact) mass is 383 g/mol. The number of ether oxygens (including phenoxy) is 1. The zero-order valence-electron chi connectivity index (χ0n) is 11.0. The second kappa shape index (κ2) is 6.89. The summed E-state index contributed by atoms with van der Waals surface area (Å²) >= 11 is 8.91. The molecule has 0 atom stereocenters. The molecule has 0 unspecified atom stereocenters. The first-order valence-electron chi connectivity index (χ1n) is 5.82. The second-order valence-corrected chi connectivity index (χ2v) is 7.36. The van der Waals surface area contributed by atoms with Crippen molar-refractivity contribution in [2.45, 2.75) is 25.2 Å². The third kappa shape index (κ3) is 4.73. The number of halogens is 2. The van der Waals surface area contributed by atoms with Crippen molar-refractivity contribution in [3.05, 3.63) is 27.2 Å². The molecule has 1 aromatic carbocycles. The van der Waals surface area contributed by atoms with Gasteiger partial charge in [-0.3, -0.25) is 0 Å². The summed E-state index contributed by atoms with van der Waals surface area (Å²) in [6, 6.07) is 2.47. The van der Waals surface area contributed by atoms with Gasteiger partial charge in [0.1, 0.15) is 0 Å². The summed E-state index contributed by atoms with van der Waals surface area (Å²) in [6.07, 6.45) is 0.720. The summed E-state index contributed by atoms with van der Waals surface area (Å²) in [7, 11) is -3.99. The van der Waals surface area contributed by atoms with E-state index in [9.17, 15) is 13.2 Å². The summed E-state index contributed by atoms with van der Waals surface area (Å²) < 4.78 is 28.0. The lowest BCUT2D eigenvalue weighted by Gasteiger charge is -2.09. The molecule has 2 N–H and O–H groups in total. The normalized spacial score (nSPS) is 11.7. The highest BCUT2D eigenvalue weighted by molar-refractivity contribution is 9.10. The molecular formula is C12H15BrClNO4S. The Bertz CT molecular complexity index is 616. The van der Waals surface area contributed by atoms with E-state index in [1.807, 2.05) is 13.8 Å². The molecule has 5 nitrogen and oxygen atoms in total. The van der Waals surface area contributed by atoms with Crippen molar-refractivity contribution in [1.82, 2.24) is 0 Å². The van der Waals surface area contributed by atoms with E-state index < -0.39 is 16.0 Å². The largest absolute Gasteiger partial charge is 0.462 e. The van der Waals surface area contributed by atoms with E-state index in [4.69, 9.17) is 21.5 Å². The molecule has 0 aliphatic carbocycles. The minimum atomic E-state index is -3.99. The Morgan fingerprint density at radius 3 is 2.55 bits per heavy atom. The van der Waals surface area contributed by atoms with Gasteiger partial charge < -0.3 is 4.74 Å². The topological polar surface area (TPSA) is 86.5 Å². The number of esters is 1. The van der Waals surface area contributed by atoms with Crippen LogP contribution in [-0.2, 0) is 14.8 Å². The van der Waals surface area contributed by atoms with Gasteiger partial charge in [-0.1, -0.05) is 25.4 Å². The number of hydrogen-bond acceptors (Lipinski definition) is 4. The zero-order chi connectivity index (χ0) is 15.5. The zero-order valence-corrected chi connectivity index (χ0v) is 14.2. The molecule has 112 valence electrons. The van der Waals surface area contributed by atoms with E-state index in [0.717, 1.165) is 12.5 Å². The lowest BCUT2D eigenvalue weighted by atomic mass is 10.1. The van der Waals surface area contributed by atoms with Gasteiger partial charge >= 0.3 is 5.97 Å². The third-order valence-electron chi connectivity index (χ3n) is 2.47. The molecule has 0 fully saturated rings. The highest BCUT2D eigenvalue weighted by atomic mass is 79.9. The van der Waals surface area contributed by atoms with E-state index in [2.05, 4.69) is 15.9 Å². The predicted molar refractivity (Wildman–Crippen MR) is 80.3 cm³/mol. The van der Waals surface area contributed by atoms with Crippen LogP contribution in [0.4, 0.5) is 0 Å². The van der Waals surface area contributed by atoms with Gasteiger partial charge in [0.05, 0.1) is 26.6 Å². The van der Waals surface area contributed by atoms with E-state index in [-0.39, 0.29) is 26.6 Å². The Morgan fingerprint density at radius 1 is 1.45 bits per heavy atom. The molecule has 8 heteroatoms. The van der Waals surface area contributed by atoms with Crippen LogP contribution in [0.25, 0.3) is 0 Å². The molecule has 20 heavy (non-hydrogen) atoms. The molecule has 1 rings (SSSR count). The molecule has 0 saturated heterocycles. The highest BCUT2D eigenvalue weighted by Crippen LogP contribution is 2.30. The van der Waals surface area contributed by atoms with E-state index in [1.165, 1.54) is 6.07 Å². The molecule has 0 spiro atoms.